The molecule has 1 aromatic rings. The van der Waals surface area contributed by atoms with Gasteiger partial charge in [0.05, 0.1) is 18.6 Å². The van der Waals surface area contributed by atoms with Crippen LogP contribution in [0, 0.1) is 11.3 Å². The van der Waals surface area contributed by atoms with Crippen molar-refractivity contribution < 1.29 is 19.1 Å². The summed E-state index contributed by atoms with van der Waals surface area (Å²) in [7, 11) is 1.71. The Bertz CT molecular complexity index is 992. The third kappa shape index (κ3) is 8.67. The molecule has 3 rings (SSSR count). The summed E-state index contributed by atoms with van der Waals surface area (Å²) in [4.78, 5) is 43.6. The van der Waals surface area contributed by atoms with E-state index in [4.69, 9.17) is 4.74 Å². The first kappa shape index (κ1) is 30.9. The zero-order chi connectivity index (χ0) is 28.7. The maximum absolute atomic E-state index is 13.8. The Hall–Kier alpha value is -2.65. The Balaban J connectivity index is 1.76. The number of nitrogens with zero attached hydrogens (tertiary/aromatic N) is 2. The summed E-state index contributed by atoms with van der Waals surface area (Å²) in [5.74, 6) is -0.588. The van der Waals surface area contributed by atoms with Crippen molar-refractivity contribution in [2.24, 2.45) is 11.3 Å². The van der Waals surface area contributed by atoms with Crippen LogP contribution in [0.2, 0.25) is 0 Å². The average Bonchev–Trinajstić information content (AvgIpc) is 2.89. The smallest absolute Gasteiger partial charge is 0.409 e. The number of carbonyl (C=O) groups is 3. The van der Waals surface area contributed by atoms with Gasteiger partial charge in [0.25, 0.3) is 0 Å². The van der Waals surface area contributed by atoms with Gasteiger partial charge in [-0.05, 0) is 68.7 Å². The Morgan fingerprint density at radius 3 is 2.49 bits per heavy atom. The van der Waals surface area contributed by atoms with Crippen molar-refractivity contribution in [3.63, 3.8) is 0 Å². The third-order valence-electron chi connectivity index (χ3n) is 7.84. The normalized spacial score (nSPS) is 21.6. The molecule has 0 aromatic heterocycles. The van der Waals surface area contributed by atoms with Crippen LogP contribution < -0.4 is 16.0 Å². The fourth-order valence-corrected chi connectivity index (χ4v) is 5.16. The number of hydrogen-bond acceptors (Lipinski definition) is 6. The number of hydrogen-bond donors (Lipinski definition) is 3. The minimum absolute atomic E-state index is 0.113. The third-order valence-corrected chi connectivity index (χ3v) is 7.84. The first-order chi connectivity index (χ1) is 18.4. The zero-order valence-corrected chi connectivity index (χ0v) is 24.9. The molecule has 1 heterocycles. The van der Waals surface area contributed by atoms with E-state index in [-0.39, 0.29) is 29.2 Å². The molecule has 1 aliphatic carbocycles. The average molecular weight is 544 g/mol. The van der Waals surface area contributed by atoms with E-state index in [2.05, 4.69) is 53.8 Å². The molecule has 2 aliphatic rings. The van der Waals surface area contributed by atoms with E-state index in [9.17, 15) is 14.4 Å². The number of benzene rings is 1. The number of ether oxygens (including phenoxy) is 1. The van der Waals surface area contributed by atoms with Crippen LogP contribution in [0.3, 0.4) is 0 Å². The standard InChI is InChI=1S/C30H49N5O4/c1-20(2)26(33-27(36)21(3)31-7)28(37)35-18-17-34(16-15-30(4,5)6)19-25(35)39-29(38)32-24-14-10-12-22-11-8-9-13-23(22)24/h8-9,11,13,20-21,24-26,31H,10,12,14-19H2,1-7H3,(H,32,38)(H,33,36)/t21-,24?,25-,26-/m0/s1. The Kier molecular flexibility index (Phi) is 10.8. The molecule has 0 saturated carbocycles. The molecule has 4 atom stereocenters. The van der Waals surface area contributed by atoms with Gasteiger partial charge >= 0.3 is 6.09 Å². The van der Waals surface area contributed by atoms with Crippen LogP contribution in [0.1, 0.15) is 78.0 Å². The van der Waals surface area contributed by atoms with E-state index in [1.54, 1.807) is 18.9 Å². The highest BCUT2D eigenvalue weighted by Gasteiger charge is 2.39. The molecule has 1 saturated heterocycles. The van der Waals surface area contributed by atoms with Crippen molar-refractivity contribution in [2.75, 3.05) is 33.2 Å². The first-order valence-electron chi connectivity index (χ1n) is 14.4. The van der Waals surface area contributed by atoms with Gasteiger partial charge in [-0.25, -0.2) is 4.79 Å². The highest BCUT2D eigenvalue weighted by molar-refractivity contribution is 5.90. The molecular weight excluding hydrogens is 494 g/mol. The van der Waals surface area contributed by atoms with Crippen LogP contribution in [0.25, 0.3) is 0 Å². The predicted molar refractivity (Wildman–Crippen MR) is 153 cm³/mol. The molecule has 218 valence electrons. The largest absolute Gasteiger partial charge is 0.424 e. The molecule has 0 radical (unpaired) electrons. The fourth-order valence-electron chi connectivity index (χ4n) is 5.16. The minimum atomic E-state index is -0.745. The number of amides is 3. The van der Waals surface area contributed by atoms with E-state index in [0.717, 1.165) is 37.8 Å². The second kappa shape index (κ2) is 13.6. The fraction of sp³-hybridized carbons (Fsp3) is 0.700. The van der Waals surface area contributed by atoms with Crippen molar-refractivity contribution in [3.8, 4) is 0 Å². The molecule has 0 bridgehead atoms. The van der Waals surface area contributed by atoms with Gasteiger partial charge in [-0.3, -0.25) is 14.5 Å². The summed E-state index contributed by atoms with van der Waals surface area (Å²) in [5, 5.41) is 8.89. The number of fused-ring (bicyclic) bond motifs is 1. The lowest BCUT2D eigenvalue weighted by Gasteiger charge is -2.43. The molecule has 1 fully saturated rings. The van der Waals surface area contributed by atoms with Crippen LogP contribution in [-0.4, -0.2) is 79.2 Å². The Morgan fingerprint density at radius 2 is 1.82 bits per heavy atom. The summed E-state index contributed by atoms with van der Waals surface area (Å²) in [6, 6.07) is 6.94. The zero-order valence-electron chi connectivity index (χ0n) is 24.9. The van der Waals surface area contributed by atoms with E-state index in [1.807, 2.05) is 26.0 Å². The number of alkyl carbamates (subject to hydrolysis) is 1. The topological polar surface area (TPSA) is 103 Å². The number of aryl methyl sites for hydroxylation is 1. The van der Waals surface area contributed by atoms with Crippen molar-refractivity contribution in [1.29, 1.82) is 0 Å². The second-order valence-corrected chi connectivity index (χ2v) is 12.5. The van der Waals surface area contributed by atoms with Crippen LogP contribution >= 0.6 is 0 Å². The number of nitrogens with one attached hydrogen (secondary N) is 3. The van der Waals surface area contributed by atoms with Gasteiger partial charge in [0, 0.05) is 13.1 Å². The Labute approximate surface area is 234 Å². The number of likely N-dealkylation sites (N-methyl/N-ethyl adjacent to an activating group) is 1. The molecular formula is C30H49N5O4. The molecule has 1 unspecified atom stereocenters. The molecule has 9 nitrogen and oxygen atoms in total. The highest BCUT2D eigenvalue weighted by atomic mass is 16.6. The molecule has 39 heavy (non-hydrogen) atoms. The first-order valence-corrected chi connectivity index (χ1v) is 14.4. The van der Waals surface area contributed by atoms with Crippen LogP contribution in [-0.2, 0) is 20.7 Å². The number of carbonyl (C=O) groups excluding carboxylic acids is 3. The van der Waals surface area contributed by atoms with Crippen molar-refractivity contribution >= 4 is 17.9 Å². The highest BCUT2D eigenvalue weighted by Crippen LogP contribution is 2.30. The quantitative estimate of drug-likeness (QED) is 0.441. The van der Waals surface area contributed by atoms with Crippen molar-refractivity contribution in [3.05, 3.63) is 35.4 Å². The molecule has 1 aliphatic heterocycles. The monoisotopic (exact) mass is 543 g/mol. The number of piperazine rings is 1. The van der Waals surface area contributed by atoms with E-state index >= 15 is 0 Å². The Morgan fingerprint density at radius 1 is 1.10 bits per heavy atom. The van der Waals surface area contributed by atoms with Gasteiger partial charge in [-0.1, -0.05) is 58.9 Å². The van der Waals surface area contributed by atoms with Crippen LogP contribution in [0.15, 0.2) is 24.3 Å². The van der Waals surface area contributed by atoms with E-state index in [0.29, 0.717) is 19.6 Å². The summed E-state index contributed by atoms with van der Waals surface area (Å²) >= 11 is 0. The molecule has 1 aromatic carbocycles. The number of rotatable bonds is 9. The van der Waals surface area contributed by atoms with Gasteiger partial charge in [-0.15, -0.1) is 0 Å². The molecule has 9 heteroatoms. The summed E-state index contributed by atoms with van der Waals surface area (Å²) in [6.45, 7) is 14.6. The van der Waals surface area contributed by atoms with E-state index in [1.165, 1.54) is 5.56 Å². The molecule has 3 N–H and O–H groups in total. The van der Waals surface area contributed by atoms with Crippen LogP contribution in [0.5, 0.6) is 0 Å². The van der Waals surface area contributed by atoms with Gasteiger partial charge in [0.15, 0.2) is 6.23 Å². The van der Waals surface area contributed by atoms with Gasteiger partial charge in [0.1, 0.15) is 6.04 Å². The lowest BCUT2D eigenvalue weighted by atomic mass is 9.88. The van der Waals surface area contributed by atoms with Crippen LogP contribution in [0.4, 0.5) is 4.79 Å². The minimum Gasteiger partial charge on any atom is -0.424 e. The van der Waals surface area contributed by atoms with Crippen molar-refractivity contribution in [1.82, 2.24) is 25.8 Å². The summed E-state index contributed by atoms with van der Waals surface area (Å²) in [6.07, 6.45) is 2.58. The second-order valence-electron chi connectivity index (χ2n) is 12.5. The molecule has 0 spiro atoms. The summed E-state index contributed by atoms with van der Waals surface area (Å²) < 4.78 is 6.00. The SMILES string of the molecule is CN[C@@H](C)C(=O)N[C@H](C(=O)N1CCN(CCC(C)(C)C)C[C@@H]1OC(=O)NC1CCCc2ccccc21)C(C)C. The van der Waals surface area contributed by atoms with Crippen molar-refractivity contribution in [2.45, 2.75) is 91.6 Å². The van der Waals surface area contributed by atoms with Gasteiger partial charge in [-0.2, -0.15) is 0 Å². The summed E-state index contributed by atoms with van der Waals surface area (Å²) in [5.41, 5.74) is 2.56. The lowest BCUT2D eigenvalue weighted by molar-refractivity contribution is -0.153. The maximum atomic E-state index is 13.8. The lowest BCUT2D eigenvalue weighted by Crippen LogP contribution is -2.62. The van der Waals surface area contributed by atoms with Gasteiger partial charge < -0.3 is 25.6 Å². The van der Waals surface area contributed by atoms with E-state index < -0.39 is 24.4 Å². The van der Waals surface area contributed by atoms with Gasteiger partial charge in [0.2, 0.25) is 11.8 Å². The maximum Gasteiger partial charge on any atom is 0.409 e. The molecule has 3 amide bonds. The predicted octanol–water partition coefficient (Wildman–Crippen LogP) is 3.45.